The summed E-state index contributed by atoms with van der Waals surface area (Å²) in [5.74, 6) is -0.776. The number of benzene rings is 1. The number of ether oxygens (including phenoxy) is 1. The third kappa shape index (κ3) is 4.05. The van der Waals surface area contributed by atoms with Crippen molar-refractivity contribution in [2.75, 3.05) is 13.2 Å². The molecular formula is C18H16Cl2N2O3. The maximum atomic E-state index is 11.8. The molecule has 2 aromatic rings. The Morgan fingerprint density at radius 3 is 2.76 bits per heavy atom. The maximum absolute atomic E-state index is 11.8. The Kier molecular flexibility index (Phi) is 6.27. The van der Waals surface area contributed by atoms with Crippen molar-refractivity contribution in [1.82, 2.24) is 4.57 Å². The van der Waals surface area contributed by atoms with Gasteiger partial charge in [-0.25, -0.2) is 4.79 Å². The summed E-state index contributed by atoms with van der Waals surface area (Å²) >= 11 is 12.4. The minimum absolute atomic E-state index is 0.147. The fourth-order valence-electron chi connectivity index (χ4n) is 2.48. The Bertz CT molecular complexity index is 879. The van der Waals surface area contributed by atoms with E-state index in [1.807, 2.05) is 36.6 Å². The summed E-state index contributed by atoms with van der Waals surface area (Å²) in [6.45, 7) is 3.28. The summed E-state index contributed by atoms with van der Waals surface area (Å²) in [6, 6.07) is 8.99. The average molecular weight is 379 g/mol. The lowest BCUT2D eigenvalue weighted by Crippen LogP contribution is -2.10. The number of halogens is 2. The monoisotopic (exact) mass is 378 g/mol. The number of aliphatic hydroxyl groups is 1. The van der Waals surface area contributed by atoms with Gasteiger partial charge in [0.25, 0.3) is 0 Å². The molecule has 1 aromatic carbocycles. The number of carbonyl (C=O) groups is 1. The number of aryl methyl sites for hydroxylation is 1. The number of nitriles is 1. The maximum Gasteiger partial charge on any atom is 0.348 e. The summed E-state index contributed by atoms with van der Waals surface area (Å²) in [5, 5.41) is 18.8. The Balaban J connectivity index is 2.49. The number of nitrogens with zero attached hydrogens (tertiary/aromatic N) is 2. The van der Waals surface area contributed by atoms with Crippen LogP contribution >= 0.6 is 23.2 Å². The van der Waals surface area contributed by atoms with Crippen molar-refractivity contribution >= 4 is 35.2 Å². The normalized spacial score (nSPS) is 11.3. The van der Waals surface area contributed by atoms with Gasteiger partial charge in [0.1, 0.15) is 18.2 Å². The van der Waals surface area contributed by atoms with Crippen LogP contribution in [0.3, 0.4) is 0 Å². The molecule has 1 aromatic heterocycles. The highest BCUT2D eigenvalue weighted by Gasteiger charge is 2.16. The molecular weight excluding hydrogens is 363 g/mol. The Morgan fingerprint density at radius 1 is 1.40 bits per heavy atom. The van der Waals surface area contributed by atoms with E-state index < -0.39 is 5.97 Å². The third-order valence-electron chi connectivity index (χ3n) is 3.61. The van der Waals surface area contributed by atoms with Crippen LogP contribution in [0.2, 0.25) is 10.0 Å². The summed E-state index contributed by atoms with van der Waals surface area (Å²) in [4.78, 5) is 11.8. The molecule has 0 saturated heterocycles. The Labute approximate surface area is 155 Å². The zero-order valence-corrected chi connectivity index (χ0v) is 15.2. The van der Waals surface area contributed by atoms with Crippen molar-refractivity contribution in [1.29, 1.82) is 5.26 Å². The van der Waals surface area contributed by atoms with Crippen LogP contribution in [0.15, 0.2) is 29.8 Å². The van der Waals surface area contributed by atoms with E-state index in [9.17, 15) is 10.1 Å². The van der Waals surface area contributed by atoms with E-state index in [0.717, 1.165) is 11.4 Å². The van der Waals surface area contributed by atoms with Crippen molar-refractivity contribution in [3.05, 3.63) is 56.8 Å². The molecule has 0 amide bonds. The van der Waals surface area contributed by atoms with E-state index in [-0.39, 0.29) is 18.8 Å². The predicted molar refractivity (Wildman–Crippen MR) is 96.9 cm³/mol. The number of esters is 1. The zero-order valence-electron chi connectivity index (χ0n) is 13.7. The molecule has 0 radical (unpaired) electrons. The first-order valence-corrected chi connectivity index (χ1v) is 8.19. The molecule has 0 aliphatic rings. The Morgan fingerprint density at radius 2 is 2.12 bits per heavy atom. The number of aromatic nitrogens is 1. The van der Waals surface area contributed by atoms with Gasteiger partial charge in [0.05, 0.1) is 22.3 Å². The van der Waals surface area contributed by atoms with Crippen LogP contribution in [0.25, 0.3) is 11.8 Å². The largest absolute Gasteiger partial charge is 0.459 e. The van der Waals surface area contributed by atoms with Crippen molar-refractivity contribution in [3.63, 3.8) is 0 Å². The molecule has 0 bridgehead atoms. The lowest BCUT2D eigenvalue weighted by molar-refractivity contribution is -0.139. The topological polar surface area (TPSA) is 75.2 Å². The first-order valence-electron chi connectivity index (χ1n) is 7.43. The molecule has 1 heterocycles. The molecule has 0 fully saturated rings. The molecule has 130 valence electrons. The Hall–Kier alpha value is -2.26. The molecule has 0 spiro atoms. The molecule has 0 atom stereocenters. The van der Waals surface area contributed by atoms with E-state index >= 15 is 0 Å². The minimum atomic E-state index is -0.776. The van der Waals surface area contributed by atoms with Crippen LogP contribution in [-0.4, -0.2) is 28.9 Å². The minimum Gasteiger partial charge on any atom is -0.459 e. The first-order chi connectivity index (χ1) is 11.9. The fraction of sp³-hybridized carbons (Fsp3) is 0.222. The lowest BCUT2D eigenvalue weighted by Gasteiger charge is -2.12. The zero-order chi connectivity index (χ0) is 18.6. The van der Waals surface area contributed by atoms with Crippen LogP contribution in [-0.2, 0) is 9.53 Å². The summed E-state index contributed by atoms with van der Waals surface area (Å²) in [7, 11) is 0. The number of hydrogen-bond donors (Lipinski definition) is 1. The van der Waals surface area contributed by atoms with Gasteiger partial charge in [0, 0.05) is 11.4 Å². The van der Waals surface area contributed by atoms with E-state index in [0.29, 0.717) is 21.3 Å². The molecule has 5 nitrogen and oxygen atoms in total. The summed E-state index contributed by atoms with van der Waals surface area (Å²) in [5.41, 5.74) is 2.92. The fourth-order valence-corrected chi connectivity index (χ4v) is 2.86. The van der Waals surface area contributed by atoms with Crippen molar-refractivity contribution in [3.8, 4) is 11.8 Å². The number of rotatable bonds is 5. The second-order valence-corrected chi connectivity index (χ2v) is 6.05. The molecule has 0 unspecified atom stereocenters. The second-order valence-electron chi connectivity index (χ2n) is 5.26. The molecule has 7 heteroatoms. The van der Waals surface area contributed by atoms with E-state index in [1.165, 1.54) is 6.08 Å². The average Bonchev–Trinajstić information content (AvgIpc) is 2.86. The SMILES string of the molecule is Cc1cc(/C=C(/C#N)C(=O)OCCO)c(C)n1-c1cccc(Cl)c1Cl. The van der Waals surface area contributed by atoms with Crippen LogP contribution in [0.1, 0.15) is 17.0 Å². The van der Waals surface area contributed by atoms with Gasteiger partial charge in [-0.05, 0) is 43.7 Å². The van der Waals surface area contributed by atoms with E-state index in [2.05, 4.69) is 0 Å². The van der Waals surface area contributed by atoms with Crippen LogP contribution < -0.4 is 0 Å². The number of hydrogen-bond acceptors (Lipinski definition) is 4. The number of carbonyl (C=O) groups excluding carboxylic acids is 1. The van der Waals surface area contributed by atoms with Gasteiger partial charge in [-0.15, -0.1) is 0 Å². The molecule has 2 rings (SSSR count). The third-order valence-corrected chi connectivity index (χ3v) is 4.42. The van der Waals surface area contributed by atoms with Gasteiger partial charge in [0.15, 0.2) is 0 Å². The summed E-state index contributed by atoms with van der Waals surface area (Å²) in [6.07, 6.45) is 1.46. The lowest BCUT2D eigenvalue weighted by atomic mass is 10.1. The van der Waals surface area contributed by atoms with Gasteiger partial charge < -0.3 is 14.4 Å². The highest BCUT2D eigenvalue weighted by Crippen LogP contribution is 2.32. The molecule has 25 heavy (non-hydrogen) atoms. The highest BCUT2D eigenvalue weighted by molar-refractivity contribution is 6.43. The predicted octanol–water partition coefficient (Wildman–Crippen LogP) is 3.84. The first kappa shape index (κ1) is 19.1. The van der Waals surface area contributed by atoms with Crippen LogP contribution in [0.5, 0.6) is 0 Å². The standard InChI is InChI=1S/C18H16Cl2N2O3/c1-11-8-13(9-14(10-21)18(24)25-7-6-23)12(2)22(11)16-5-3-4-15(19)17(16)20/h3-5,8-9,23H,6-7H2,1-2H3/b14-9-. The number of aliphatic hydroxyl groups excluding tert-OH is 1. The molecule has 1 N–H and O–H groups in total. The van der Waals surface area contributed by atoms with Crippen molar-refractivity contribution in [2.24, 2.45) is 0 Å². The van der Waals surface area contributed by atoms with Crippen LogP contribution in [0.4, 0.5) is 0 Å². The van der Waals surface area contributed by atoms with Crippen molar-refractivity contribution < 1.29 is 14.6 Å². The highest BCUT2D eigenvalue weighted by atomic mass is 35.5. The van der Waals surface area contributed by atoms with Gasteiger partial charge in [0.2, 0.25) is 0 Å². The van der Waals surface area contributed by atoms with E-state index in [4.69, 9.17) is 33.0 Å². The van der Waals surface area contributed by atoms with Crippen molar-refractivity contribution in [2.45, 2.75) is 13.8 Å². The second kappa shape index (κ2) is 8.21. The van der Waals surface area contributed by atoms with E-state index in [1.54, 1.807) is 12.1 Å². The smallest absolute Gasteiger partial charge is 0.348 e. The van der Waals surface area contributed by atoms with Gasteiger partial charge >= 0.3 is 5.97 Å². The summed E-state index contributed by atoms with van der Waals surface area (Å²) < 4.78 is 6.68. The molecule has 0 aliphatic carbocycles. The van der Waals surface area contributed by atoms with Gasteiger partial charge in [-0.1, -0.05) is 29.3 Å². The molecule has 0 aliphatic heterocycles. The van der Waals surface area contributed by atoms with Gasteiger partial charge in [-0.3, -0.25) is 0 Å². The van der Waals surface area contributed by atoms with Gasteiger partial charge in [-0.2, -0.15) is 5.26 Å². The van der Waals surface area contributed by atoms with Crippen LogP contribution in [0, 0.1) is 25.2 Å². The quantitative estimate of drug-likeness (QED) is 0.487. The molecule has 0 saturated carbocycles.